The molecule has 0 atom stereocenters. The Balaban J connectivity index is 2.73. The summed E-state index contributed by atoms with van der Waals surface area (Å²) in [5, 5.41) is 0. The molecule has 0 saturated carbocycles. The van der Waals surface area contributed by atoms with Crippen molar-refractivity contribution in [1.82, 2.24) is 0 Å². The first-order chi connectivity index (χ1) is 5.91. The Kier molecular flexibility index (Phi) is 10.9. The van der Waals surface area contributed by atoms with Gasteiger partial charge in [0.1, 0.15) is 0 Å². The molecule has 0 aromatic carbocycles. The van der Waals surface area contributed by atoms with E-state index in [1.165, 1.54) is 32.1 Å². The van der Waals surface area contributed by atoms with E-state index in [9.17, 15) is 0 Å². The zero-order valence-corrected chi connectivity index (χ0v) is 8.64. The van der Waals surface area contributed by atoms with Gasteiger partial charge in [-0.1, -0.05) is 46.0 Å². The lowest BCUT2D eigenvalue weighted by Crippen LogP contribution is -1.89. The molecule has 0 rings (SSSR count). The highest BCUT2D eigenvalue weighted by atomic mass is 16.5. The van der Waals surface area contributed by atoms with Crippen molar-refractivity contribution < 1.29 is 4.74 Å². The Morgan fingerprint density at radius 2 is 1.67 bits per heavy atom. The van der Waals surface area contributed by atoms with E-state index < -0.39 is 0 Å². The molecule has 0 aliphatic heterocycles. The summed E-state index contributed by atoms with van der Waals surface area (Å²) in [4.78, 5) is 0. The van der Waals surface area contributed by atoms with Crippen molar-refractivity contribution in [3.63, 3.8) is 0 Å². The van der Waals surface area contributed by atoms with Crippen LogP contribution in [0.25, 0.3) is 0 Å². The maximum absolute atomic E-state index is 5.26. The molecule has 0 fully saturated rings. The van der Waals surface area contributed by atoms with Gasteiger partial charge in [-0.15, -0.1) is 0 Å². The van der Waals surface area contributed by atoms with Gasteiger partial charge < -0.3 is 4.74 Å². The van der Waals surface area contributed by atoms with Crippen LogP contribution >= 0.6 is 0 Å². The average molecular weight is 171 g/mol. The summed E-state index contributed by atoms with van der Waals surface area (Å²) in [6.07, 6.45) is 9.00. The monoisotopic (exact) mass is 171 g/mol. The van der Waals surface area contributed by atoms with E-state index in [0.29, 0.717) is 0 Å². The lowest BCUT2D eigenvalue weighted by molar-refractivity contribution is 0.190. The van der Waals surface area contributed by atoms with Crippen molar-refractivity contribution in [1.29, 1.82) is 0 Å². The molecule has 0 aromatic heterocycles. The SMILES string of the molecule is CCCCCCC[CH]OCCC. The smallest absolute Gasteiger partial charge is 0.0836 e. The predicted molar refractivity (Wildman–Crippen MR) is 53.9 cm³/mol. The van der Waals surface area contributed by atoms with E-state index >= 15 is 0 Å². The van der Waals surface area contributed by atoms with Gasteiger partial charge in [-0.3, -0.25) is 0 Å². The highest BCUT2D eigenvalue weighted by Gasteiger charge is 1.90. The molecule has 0 bridgehead atoms. The van der Waals surface area contributed by atoms with E-state index in [1.54, 1.807) is 0 Å². The molecule has 1 heteroatoms. The summed E-state index contributed by atoms with van der Waals surface area (Å²) in [5.74, 6) is 0. The number of ether oxygens (including phenoxy) is 1. The molecule has 0 amide bonds. The van der Waals surface area contributed by atoms with E-state index in [-0.39, 0.29) is 0 Å². The Morgan fingerprint density at radius 1 is 0.917 bits per heavy atom. The molecule has 1 nitrogen and oxygen atoms in total. The number of rotatable bonds is 9. The van der Waals surface area contributed by atoms with Crippen molar-refractivity contribution in [2.45, 2.75) is 58.8 Å². The molecule has 0 spiro atoms. The molecule has 0 saturated heterocycles. The maximum Gasteiger partial charge on any atom is 0.0836 e. The van der Waals surface area contributed by atoms with E-state index in [1.807, 2.05) is 6.61 Å². The van der Waals surface area contributed by atoms with Crippen molar-refractivity contribution in [2.24, 2.45) is 0 Å². The van der Waals surface area contributed by atoms with Gasteiger partial charge in [0.25, 0.3) is 0 Å². The first-order valence-electron chi connectivity index (χ1n) is 5.35. The largest absolute Gasteiger partial charge is 0.376 e. The minimum atomic E-state index is 0.884. The molecule has 0 N–H and O–H groups in total. The normalized spacial score (nSPS) is 10.5. The van der Waals surface area contributed by atoms with Crippen LogP contribution in [0.15, 0.2) is 0 Å². The van der Waals surface area contributed by atoms with Gasteiger partial charge in [-0.2, -0.15) is 0 Å². The molecule has 1 radical (unpaired) electrons. The maximum atomic E-state index is 5.26. The first kappa shape index (κ1) is 12.0. The van der Waals surface area contributed by atoms with Crippen molar-refractivity contribution >= 4 is 0 Å². The fourth-order valence-electron chi connectivity index (χ4n) is 1.12. The number of hydrogen-bond acceptors (Lipinski definition) is 1. The van der Waals surface area contributed by atoms with E-state index in [0.717, 1.165) is 19.4 Å². The van der Waals surface area contributed by atoms with Crippen molar-refractivity contribution in [2.75, 3.05) is 6.61 Å². The minimum absolute atomic E-state index is 0.884. The molecule has 73 valence electrons. The zero-order valence-electron chi connectivity index (χ0n) is 8.64. The van der Waals surface area contributed by atoms with Gasteiger partial charge in [-0.05, 0) is 12.8 Å². The van der Waals surface area contributed by atoms with E-state index in [4.69, 9.17) is 4.74 Å². The molecule has 0 aromatic rings. The Morgan fingerprint density at radius 3 is 2.33 bits per heavy atom. The van der Waals surface area contributed by atoms with Crippen LogP contribution in [0.2, 0.25) is 0 Å². The van der Waals surface area contributed by atoms with Crippen LogP contribution in [0.5, 0.6) is 0 Å². The van der Waals surface area contributed by atoms with Crippen LogP contribution in [-0.4, -0.2) is 6.61 Å². The highest BCUT2D eigenvalue weighted by molar-refractivity contribution is 4.51. The average Bonchev–Trinajstić information content (AvgIpc) is 2.10. The van der Waals surface area contributed by atoms with Gasteiger partial charge in [0.05, 0.1) is 6.61 Å². The standard InChI is InChI=1S/C11H23O/c1-3-5-6-7-8-9-11-12-10-4-2/h11H,3-10H2,1-2H3. The van der Waals surface area contributed by atoms with Crippen LogP contribution in [0.1, 0.15) is 58.8 Å². The fourth-order valence-corrected chi connectivity index (χ4v) is 1.12. The zero-order chi connectivity index (χ0) is 9.07. The molecule has 0 heterocycles. The Labute approximate surface area is 77.5 Å². The van der Waals surface area contributed by atoms with Crippen LogP contribution < -0.4 is 0 Å². The third-order valence-corrected chi connectivity index (χ3v) is 1.87. The second-order valence-corrected chi connectivity index (χ2v) is 3.24. The van der Waals surface area contributed by atoms with Crippen LogP contribution in [0.3, 0.4) is 0 Å². The Bertz CT molecular complexity index is 61.4. The fraction of sp³-hybridized carbons (Fsp3) is 0.909. The van der Waals surface area contributed by atoms with Gasteiger partial charge in [-0.25, -0.2) is 0 Å². The minimum Gasteiger partial charge on any atom is -0.376 e. The van der Waals surface area contributed by atoms with Crippen molar-refractivity contribution in [3.05, 3.63) is 6.61 Å². The summed E-state index contributed by atoms with van der Waals surface area (Å²) in [5.41, 5.74) is 0. The summed E-state index contributed by atoms with van der Waals surface area (Å²) >= 11 is 0. The number of unbranched alkanes of at least 4 members (excludes halogenated alkanes) is 5. The molecular formula is C11H23O. The third kappa shape index (κ3) is 9.96. The van der Waals surface area contributed by atoms with Gasteiger partial charge in [0, 0.05) is 6.61 Å². The molecule has 12 heavy (non-hydrogen) atoms. The number of hydrogen-bond donors (Lipinski definition) is 0. The topological polar surface area (TPSA) is 9.23 Å². The summed E-state index contributed by atoms with van der Waals surface area (Å²) in [6.45, 7) is 7.23. The summed E-state index contributed by atoms with van der Waals surface area (Å²) < 4.78 is 5.26. The van der Waals surface area contributed by atoms with E-state index in [2.05, 4.69) is 13.8 Å². The molecule has 0 aliphatic rings. The van der Waals surface area contributed by atoms with Gasteiger partial charge in [0.2, 0.25) is 0 Å². The van der Waals surface area contributed by atoms with Gasteiger partial charge in [0.15, 0.2) is 0 Å². The van der Waals surface area contributed by atoms with Crippen LogP contribution in [-0.2, 0) is 4.74 Å². The highest BCUT2D eigenvalue weighted by Crippen LogP contribution is 2.06. The van der Waals surface area contributed by atoms with Crippen LogP contribution in [0.4, 0.5) is 0 Å². The summed E-state index contributed by atoms with van der Waals surface area (Å²) in [6, 6.07) is 0. The van der Waals surface area contributed by atoms with Gasteiger partial charge >= 0.3 is 0 Å². The molecular weight excluding hydrogens is 148 g/mol. The van der Waals surface area contributed by atoms with Crippen LogP contribution in [0, 0.1) is 6.61 Å². The lowest BCUT2D eigenvalue weighted by Gasteiger charge is -2.01. The Hall–Kier alpha value is -0.0400. The second-order valence-electron chi connectivity index (χ2n) is 3.24. The summed E-state index contributed by atoms with van der Waals surface area (Å²) in [7, 11) is 0. The second kappa shape index (κ2) is 11.0. The quantitative estimate of drug-likeness (QED) is 0.477. The first-order valence-corrected chi connectivity index (χ1v) is 5.35. The molecule has 0 aliphatic carbocycles. The lowest BCUT2D eigenvalue weighted by atomic mass is 10.1. The molecule has 0 unspecified atom stereocenters. The predicted octanol–water partition coefficient (Wildman–Crippen LogP) is 3.94. The van der Waals surface area contributed by atoms with Crippen molar-refractivity contribution in [3.8, 4) is 0 Å². The third-order valence-electron chi connectivity index (χ3n) is 1.87.